The highest BCUT2D eigenvalue weighted by Crippen LogP contribution is 2.54. The molecular weight excluding hydrogens is 475 g/mol. The third kappa shape index (κ3) is 4.72. The van der Waals surface area contributed by atoms with E-state index in [1.807, 2.05) is 0 Å². The molecule has 0 bridgehead atoms. The summed E-state index contributed by atoms with van der Waals surface area (Å²) in [6.45, 7) is 1.48. The molecule has 1 heterocycles. The Balaban J connectivity index is 1.51. The van der Waals surface area contributed by atoms with Gasteiger partial charge in [0.2, 0.25) is 0 Å². The first-order valence-corrected chi connectivity index (χ1v) is 12.3. The Labute approximate surface area is 194 Å². The summed E-state index contributed by atoms with van der Waals surface area (Å²) >= 11 is 0. The van der Waals surface area contributed by atoms with Gasteiger partial charge in [-0.2, -0.15) is 0 Å². The lowest BCUT2D eigenvalue weighted by Gasteiger charge is -2.35. The van der Waals surface area contributed by atoms with Gasteiger partial charge in [-0.15, -0.1) is 13.2 Å². The van der Waals surface area contributed by atoms with Gasteiger partial charge >= 0.3 is 12.3 Å². The summed E-state index contributed by atoms with van der Waals surface area (Å²) < 4.78 is 71.3. The van der Waals surface area contributed by atoms with Crippen LogP contribution in [0.5, 0.6) is 17.2 Å². The molecule has 1 saturated carbocycles. The lowest BCUT2D eigenvalue weighted by molar-refractivity contribution is -0.274. The van der Waals surface area contributed by atoms with E-state index in [1.54, 1.807) is 0 Å². The molecule has 1 atom stereocenters. The number of nitrogens with one attached hydrogen (secondary N) is 1. The molecule has 1 saturated heterocycles. The number of benzene rings is 2. The van der Waals surface area contributed by atoms with Crippen LogP contribution >= 0.6 is 0 Å². The first kappa shape index (κ1) is 24.3. The molecule has 2 N–H and O–H groups in total. The fourth-order valence-electron chi connectivity index (χ4n) is 4.92. The fraction of sp³-hybridized carbons (Fsp3) is 0.435. The molecule has 184 valence electrons. The lowest BCUT2D eigenvalue weighted by Crippen LogP contribution is -2.46. The molecule has 4 rings (SSSR count). The Bertz CT molecular complexity index is 1140. The van der Waals surface area contributed by atoms with Gasteiger partial charge in [-0.3, -0.25) is 4.79 Å². The highest BCUT2D eigenvalue weighted by molar-refractivity contribution is 7.93. The number of carbonyl (C=O) groups is 1. The van der Waals surface area contributed by atoms with Gasteiger partial charge in [-0.05, 0) is 99.1 Å². The summed E-state index contributed by atoms with van der Waals surface area (Å²) in [4.78, 5) is 12.2. The number of carboxylic acids is 1. The quantitative estimate of drug-likeness (QED) is 0.602. The second kappa shape index (κ2) is 8.77. The molecule has 2 fully saturated rings. The number of aliphatic carboxylic acids is 1. The number of carboxylic acid groups (broad SMARTS) is 1. The van der Waals surface area contributed by atoms with Crippen LogP contribution in [0.2, 0.25) is 0 Å². The predicted molar refractivity (Wildman–Crippen MR) is 116 cm³/mol. The van der Waals surface area contributed by atoms with Crippen molar-refractivity contribution >= 4 is 15.8 Å². The molecule has 2 aromatic rings. The smallest absolute Gasteiger partial charge is 0.480 e. The molecule has 2 aliphatic rings. The van der Waals surface area contributed by atoms with Crippen molar-refractivity contribution in [2.45, 2.75) is 48.1 Å². The lowest BCUT2D eigenvalue weighted by atomic mass is 9.77. The Morgan fingerprint density at radius 1 is 0.882 bits per heavy atom. The minimum Gasteiger partial charge on any atom is -0.480 e. The van der Waals surface area contributed by atoms with E-state index in [-0.39, 0.29) is 34.7 Å². The van der Waals surface area contributed by atoms with Gasteiger partial charge in [0.1, 0.15) is 17.2 Å². The maximum absolute atomic E-state index is 13.5. The van der Waals surface area contributed by atoms with Crippen molar-refractivity contribution in [1.29, 1.82) is 0 Å². The number of sulfone groups is 1. The van der Waals surface area contributed by atoms with Crippen LogP contribution < -0.4 is 14.8 Å². The summed E-state index contributed by atoms with van der Waals surface area (Å²) in [6.07, 6.45) is -2.60. The van der Waals surface area contributed by atoms with Crippen LogP contribution in [-0.4, -0.2) is 43.7 Å². The van der Waals surface area contributed by atoms with Gasteiger partial charge in [0.25, 0.3) is 0 Å². The maximum Gasteiger partial charge on any atom is 0.573 e. The van der Waals surface area contributed by atoms with Gasteiger partial charge in [-0.1, -0.05) is 0 Å². The molecule has 11 heteroatoms. The van der Waals surface area contributed by atoms with Gasteiger partial charge in [0, 0.05) is 0 Å². The topological polar surface area (TPSA) is 102 Å². The van der Waals surface area contributed by atoms with E-state index >= 15 is 0 Å². The average Bonchev–Trinajstić information content (AvgIpc) is 3.16. The first-order valence-electron chi connectivity index (χ1n) is 10.8. The Kier molecular flexibility index (Phi) is 6.28. The number of ether oxygens (including phenoxy) is 2. The zero-order chi connectivity index (χ0) is 24.6. The number of hydrogen-bond donors (Lipinski definition) is 2. The molecule has 1 aliphatic heterocycles. The second-order valence-electron chi connectivity index (χ2n) is 8.82. The van der Waals surface area contributed by atoms with Crippen molar-refractivity contribution in [2.24, 2.45) is 5.41 Å². The summed E-state index contributed by atoms with van der Waals surface area (Å²) in [5.74, 6) is -1.27. The van der Waals surface area contributed by atoms with Crippen molar-refractivity contribution in [3.8, 4) is 17.2 Å². The zero-order valence-corrected chi connectivity index (χ0v) is 18.9. The highest BCUT2D eigenvalue weighted by Gasteiger charge is 2.60. The molecule has 7 nitrogen and oxygen atoms in total. The minimum atomic E-state index is -4.80. The van der Waals surface area contributed by atoms with E-state index in [0.29, 0.717) is 6.42 Å². The highest BCUT2D eigenvalue weighted by atomic mass is 32.2. The minimum absolute atomic E-state index is 0.0647. The van der Waals surface area contributed by atoms with Crippen LogP contribution in [0.3, 0.4) is 0 Å². The fourth-order valence-corrected chi connectivity index (χ4v) is 6.96. The molecule has 34 heavy (non-hydrogen) atoms. The SMILES string of the molecule is O=C(O)C1(S(=O)(=O)c2ccc(Oc3ccc(OC(F)(F)F)cc3)cc2)CCC2(CCNCC2)C1. The standard InChI is InChI=1S/C23H24F3NO6S/c24-23(25,26)33-18-3-1-16(2-4-18)32-17-5-7-19(8-6-17)34(30,31)22(20(28)29)10-9-21(15-22)11-13-27-14-12-21/h1-8,27H,9-15H2,(H,28,29). The van der Waals surface area contributed by atoms with Crippen LogP contribution in [0.4, 0.5) is 13.2 Å². The summed E-state index contributed by atoms with van der Waals surface area (Å²) in [7, 11) is -4.19. The van der Waals surface area contributed by atoms with E-state index in [1.165, 1.54) is 36.4 Å². The normalized spacial score (nSPS) is 22.4. The number of hydrogen-bond acceptors (Lipinski definition) is 6. The Hall–Kier alpha value is -2.79. The monoisotopic (exact) mass is 499 g/mol. The van der Waals surface area contributed by atoms with E-state index < -0.39 is 32.7 Å². The van der Waals surface area contributed by atoms with E-state index in [4.69, 9.17) is 4.74 Å². The van der Waals surface area contributed by atoms with Crippen molar-refractivity contribution < 1.29 is 41.0 Å². The Morgan fingerprint density at radius 2 is 1.41 bits per heavy atom. The molecule has 0 amide bonds. The Morgan fingerprint density at radius 3 is 1.94 bits per heavy atom. The van der Waals surface area contributed by atoms with Crippen LogP contribution in [0.1, 0.15) is 32.1 Å². The van der Waals surface area contributed by atoms with Crippen molar-refractivity contribution in [3.63, 3.8) is 0 Å². The molecule has 0 aromatic heterocycles. The van der Waals surface area contributed by atoms with E-state index in [9.17, 15) is 31.5 Å². The number of piperidine rings is 1. The van der Waals surface area contributed by atoms with E-state index in [2.05, 4.69) is 10.1 Å². The first-order chi connectivity index (χ1) is 15.9. The third-order valence-corrected chi connectivity index (χ3v) is 9.16. The average molecular weight is 500 g/mol. The van der Waals surface area contributed by atoms with Gasteiger partial charge < -0.3 is 19.9 Å². The molecule has 0 radical (unpaired) electrons. The molecular formula is C23H24F3NO6S. The third-order valence-electron chi connectivity index (χ3n) is 6.72. The van der Waals surface area contributed by atoms with Crippen LogP contribution in [0.25, 0.3) is 0 Å². The summed E-state index contributed by atoms with van der Waals surface area (Å²) in [5, 5.41) is 13.3. The van der Waals surface area contributed by atoms with Crippen LogP contribution in [0.15, 0.2) is 53.4 Å². The molecule has 1 aliphatic carbocycles. The zero-order valence-electron chi connectivity index (χ0n) is 18.1. The van der Waals surface area contributed by atoms with Gasteiger partial charge in [0.15, 0.2) is 14.6 Å². The second-order valence-corrected chi connectivity index (χ2v) is 11.1. The summed E-state index contributed by atoms with van der Waals surface area (Å²) in [5.41, 5.74) is -0.290. The van der Waals surface area contributed by atoms with Crippen LogP contribution in [0, 0.1) is 5.41 Å². The van der Waals surface area contributed by atoms with Gasteiger partial charge in [0.05, 0.1) is 4.90 Å². The number of rotatable bonds is 6. The summed E-state index contributed by atoms with van der Waals surface area (Å²) in [6, 6.07) is 10.1. The van der Waals surface area contributed by atoms with Crippen LogP contribution in [-0.2, 0) is 14.6 Å². The van der Waals surface area contributed by atoms with E-state index in [0.717, 1.165) is 38.1 Å². The van der Waals surface area contributed by atoms with Crippen molar-refractivity contribution in [2.75, 3.05) is 13.1 Å². The maximum atomic E-state index is 13.5. The number of halogens is 3. The largest absolute Gasteiger partial charge is 0.573 e. The van der Waals surface area contributed by atoms with Crippen molar-refractivity contribution in [3.05, 3.63) is 48.5 Å². The molecule has 1 spiro atoms. The molecule has 1 unspecified atom stereocenters. The predicted octanol–water partition coefficient (Wildman–Crippen LogP) is 4.53. The number of alkyl halides is 3. The van der Waals surface area contributed by atoms with Gasteiger partial charge in [-0.25, -0.2) is 8.42 Å². The molecule has 2 aromatic carbocycles. The van der Waals surface area contributed by atoms with Crippen molar-refractivity contribution in [1.82, 2.24) is 5.32 Å².